The lowest BCUT2D eigenvalue weighted by Gasteiger charge is -2.59. The summed E-state index contributed by atoms with van der Waals surface area (Å²) >= 11 is 0. The van der Waals surface area contributed by atoms with Crippen LogP contribution in [0.2, 0.25) is 0 Å². The fourth-order valence-electron chi connectivity index (χ4n) is 10.8. The van der Waals surface area contributed by atoms with Crippen LogP contribution in [0.15, 0.2) is 181 Å². The predicted molar refractivity (Wildman–Crippen MR) is 279 cm³/mol. The number of nitro benzene ring substituents is 1. The zero-order valence-electron chi connectivity index (χ0n) is 41.0. The molecular formula is C60H60FN3O10. The standard InChI is InChI=1S/C60H60FN3O10/c1-2-35-70-60-56(63(39-41-19-23-46(61)24-20-41)59(67)73-49-29-25-47(26-30-49)64(68)69)38-54(62-71-40-42-13-5-3-6-14-42)52-36-45(17-9-11-33-65)51(18-10-12-34-66)57(58(52)60)53-37-50(31-32-55(53)74-60)72-48-27-21-44(22-28-48)43-15-7-4-8-16-43/h2-8,13-16,19-32,36-37,45,51,56-58,65-66H,1,9-12,17-18,33-35,38-40H2/t45-,51+,56-,57+,58+,60+/m0/s1. The number of hydrogen-bond donors (Lipinski definition) is 2. The van der Waals surface area contributed by atoms with Crippen molar-refractivity contribution in [3.63, 3.8) is 0 Å². The Morgan fingerprint density at radius 2 is 1.47 bits per heavy atom. The maximum absolute atomic E-state index is 15.2. The molecule has 9 rings (SSSR count). The number of rotatable bonds is 22. The number of oxime groups is 1. The molecule has 74 heavy (non-hydrogen) atoms. The Kier molecular flexibility index (Phi) is 16.6. The number of nitro groups is 1. The Balaban J connectivity index is 1.22. The fraction of sp³-hybridized carbons (Fsp3) is 0.300. The van der Waals surface area contributed by atoms with Crippen LogP contribution in [0.3, 0.4) is 0 Å². The molecule has 382 valence electrons. The quantitative estimate of drug-likeness (QED) is 0.0290. The van der Waals surface area contributed by atoms with Gasteiger partial charge < -0.3 is 34.0 Å². The molecule has 1 fully saturated rings. The van der Waals surface area contributed by atoms with E-state index >= 15 is 4.79 Å². The molecule has 0 saturated heterocycles. The normalized spacial score (nSPS) is 21.0. The molecular weight excluding hydrogens is 942 g/mol. The number of non-ortho nitro benzene ring substituents is 1. The molecule has 1 heterocycles. The minimum atomic E-state index is -1.66. The van der Waals surface area contributed by atoms with E-state index in [-0.39, 0.29) is 68.6 Å². The maximum Gasteiger partial charge on any atom is 0.416 e. The average Bonchev–Trinajstić information content (AvgIpc) is 3.45. The van der Waals surface area contributed by atoms with E-state index in [4.69, 9.17) is 28.9 Å². The van der Waals surface area contributed by atoms with Crippen LogP contribution in [0.5, 0.6) is 23.0 Å². The van der Waals surface area contributed by atoms with Crippen LogP contribution < -0.4 is 14.2 Å². The van der Waals surface area contributed by atoms with Crippen molar-refractivity contribution < 1.29 is 48.1 Å². The lowest BCUT2D eigenvalue weighted by Crippen LogP contribution is -2.70. The largest absolute Gasteiger partial charge is 0.459 e. The average molecular weight is 1000 g/mol. The topological polar surface area (TPSA) is 162 Å². The number of fused-ring (bicyclic) bond motifs is 2. The van der Waals surface area contributed by atoms with Crippen molar-refractivity contribution in [1.82, 2.24) is 4.90 Å². The Labute approximate surface area is 430 Å². The molecule has 6 aromatic rings. The van der Waals surface area contributed by atoms with Crippen LogP contribution in [0.25, 0.3) is 11.1 Å². The van der Waals surface area contributed by atoms with Gasteiger partial charge in [0.05, 0.1) is 23.2 Å². The number of carbonyl (C=O) groups excluding carboxylic acids is 1. The fourth-order valence-corrected chi connectivity index (χ4v) is 10.8. The van der Waals surface area contributed by atoms with Crippen molar-refractivity contribution in [2.24, 2.45) is 22.9 Å². The Morgan fingerprint density at radius 3 is 2.16 bits per heavy atom. The minimum Gasteiger partial charge on any atom is -0.459 e. The third-order valence-electron chi connectivity index (χ3n) is 14.2. The molecule has 1 amide bonds. The van der Waals surface area contributed by atoms with Gasteiger partial charge in [-0.05, 0) is 120 Å². The van der Waals surface area contributed by atoms with Gasteiger partial charge in [-0.1, -0.05) is 115 Å². The molecule has 2 N–H and O–H groups in total. The minimum absolute atomic E-state index is 0.0103. The third kappa shape index (κ3) is 11.6. The first-order valence-corrected chi connectivity index (χ1v) is 25.2. The smallest absolute Gasteiger partial charge is 0.416 e. The Morgan fingerprint density at radius 1 is 0.811 bits per heavy atom. The van der Waals surface area contributed by atoms with E-state index < -0.39 is 34.6 Å². The molecule has 6 aromatic carbocycles. The first-order chi connectivity index (χ1) is 36.2. The highest BCUT2D eigenvalue weighted by atomic mass is 19.1. The number of amides is 1. The zero-order chi connectivity index (χ0) is 51.4. The summed E-state index contributed by atoms with van der Waals surface area (Å²) in [4.78, 5) is 34.0. The molecule has 2 aliphatic carbocycles. The van der Waals surface area contributed by atoms with E-state index in [2.05, 4.69) is 24.8 Å². The number of aliphatic hydroxyl groups excluding tert-OH is 2. The Hall–Kier alpha value is -7.65. The second-order valence-electron chi connectivity index (χ2n) is 18.9. The summed E-state index contributed by atoms with van der Waals surface area (Å²) in [6.45, 7) is 4.19. The highest BCUT2D eigenvalue weighted by Crippen LogP contribution is 2.62. The van der Waals surface area contributed by atoms with Crippen molar-refractivity contribution in [2.45, 2.75) is 75.8 Å². The monoisotopic (exact) mass is 1000 g/mol. The lowest BCUT2D eigenvalue weighted by molar-refractivity contribution is -0.384. The molecule has 6 atom stereocenters. The van der Waals surface area contributed by atoms with E-state index in [9.17, 15) is 24.7 Å². The maximum atomic E-state index is 15.2. The van der Waals surface area contributed by atoms with Crippen LogP contribution in [-0.2, 0) is 22.7 Å². The van der Waals surface area contributed by atoms with Crippen molar-refractivity contribution >= 4 is 17.5 Å². The second kappa shape index (κ2) is 23.9. The van der Waals surface area contributed by atoms with Crippen molar-refractivity contribution in [1.29, 1.82) is 0 Å². The van der Waals surface area contributed by atoms with Gasteiger partial charge in [-0.25, -0.2) is 9.18 Å². The van der Waals surface area contributed by atoms with Crippen LogP contribution in [0, 0.1) is 33.7 Å². The van der Waals surface area contributed by atoms with E-state index in [0.29, 0.717) is 54.2 Å². The SMILES string of the molecule is C=CCO[C@@]12Oc3ccc(Oc4ccc(-c5ccccc5)cc4)cc3[C@H]3[C@H](CCCCO)[C@@H](CCCCO)C=C(C(=NOCc4ccccc4)C[C@@H]1N(Cc1ccc(F)cc1)C(=O)Oc1ccc([N+](=O)[O-])cc1)[C@H]32. The molecule has 3 aliphatic rings. The van der Waals surface area contributed by atoms with Gasteiger partial charge in [-0.15, -0.1) is 6.58 Å². The van der Waals surface area contributed by atoms with E-state index in [1.54, 1.807) is 18.2 Å². The summed E-state index contributed by atoms with van der Waals surface area (Å²) < 4.78 is 41.9. The van der Waals surface area contributed by atoms with Crippen LogP contribution in [0.4, 0.5) is 14.9 Å². The second-order valence-corrected chi connectivity index (χ2v) is 18.9. The van der Waals surface area contributed by atoms with Gasteiger partial charge in [0.1, 0.15) is 41.5 Å². The summed E-state index contributed by atoms with van der Waals surface area (Å²) in [5.74, 6) is -1.46. The van der Waals surface area contributed by atoms with Gasteiger partial charge in [0.2, 0.25) is 5.79 Å². The first kappa shape index (κ1) is 51.3. The van der Waals surface area contributed by atoms with Crippen LogP contribution >= 0.6 is 0 Å². The summed E-state index contributed by atoms with van der Waals surface area (Å²) in [5.41, 5.74) is 5.69. The molecule has 1 aliphatic heterocycles. The van der Waals surface area contributed by atoms with Gasteiger partial charge in [0.25, 0.3) is 5.69 Å². The van der Waals surface area contributed by atoms with Crippen LogP contribution in [-0.4, -0.2) is 63.5 Å². The number of allylic oxidation sites excluding steroid dienone is 1. The number of halogens is 1. The van der Waals surface area contributed by atoms with Crippen molar-refractivity contribution in [3.05, 3.63) is 209 Å². The van der Waals surface area contributed by atoms with E-state index in [1.165, 1.54) is 41.3 Å². The summed E-state index contributed by atoms with van der Waals surface area (Å²) in [6, 6.07) is 43.5. The lowest BCUT2D eigenvalue weighted by atomic mass is 9.55. The van der Waals surface area contributed by atoms with Gasteiger partial charge in [0.15, 0.2) is 0 Å². The molecule has 0 radical (unpaired) electrons. The first-order valence-electron chi connectivity index (χ1n) is 25.2. The van der Waals surface area contributed by atoms with Gasteiger partial charge in [0, 0.05) is 49.8 Å². The number of benzene rings is 6. The number of unbranched alkanes of at least 4 members (excludes halogenated alkanes) is 2. The molecule has 0 unspecified atom stereocenters. The number of hydrogen-bond acceptors (Lipinski definition) is 11. The zero-order valence-corrected chi connectivity index (χ0v) is 41.0. The third-order valence-corrected chi connectivity index (χ3v) is 14.2. The van der Waals surface area contributed by atoms with Gasteiger partial charge >= 0.3 is 6.09 Å². The number of nitrogens with zero attached hydrogens (tertiary/aromatic N) is 3. The van der Waals surface area contributed by atoms with Crippen molar-refractivity contribution in [3.8, 4) is 34.1 Å². The molecule has 1 saturated carbocycles. The van der Waals surface area contributed by atoms with Gasteiger partial charge in [-0.2, -0.15) is 0 Å². The Bertz CT molecular complexity index is 2920. The summed E-state index contributed by atoms with van der Waals surface area (Å²) in [7, 11) is 0. The molecule has 0 aromatic heterocycles. The van der Waals surface area contributed by atoms with E-state index in [1.807, 2.05) is 91.0 Å². The summed E-state index contributed by atoms with van der Waals surface area (Å²) in [6.07, 6.45) is 7.24. The summed E-state index contributed by atoms with van der Waals surface area (Å²) in [5, 5.41) is 36.7. The highest BCUT2D eigenvalue weighted by Gasteiger charge is 2.66. The highest BCUT2D eigenvalue weighted by molar-refractivity contribution is 6.03. The van der Waals surface area contributed by atoms with Gasteiger partial charge in [-0.3, -0.25) is 15.0 Å². The predicted octanol–water partition coefficient (Wildman–Crippen LogP) is 12.7. The van der Waals surface area contributed by atoms with Crippen LogP contribution in [0.1, 0.15) is 67.6 Å². The molecule has 14 heteroatoms. The molecule has 0 spiro atoms. The molecule has 13 nitrogen and oxygen atoms in total. The number of aliphatic hydroxyl groups is 2. The van der Waals surface area contributed by atoms with E-state index in [0.717, 1.165) is 40.7 Å². The van der Waals surface area contributed by atoms with Crippen molar-refractivity contribution in [2.75, 3.05) is 19.8 Å². The number of carbonyl (C=O) groups is 1. The molecule has 0 bridgehead atoms. The number of ether oxygens (including phenoxy) is 4.